The molecular weight excluding hydrogens is 449 g/mol. The van der Waals surface area contributed by atoms with Crippen LogP contribution in [-0.2, 0) is 11.2 Å². The van der Waals surface area contributed by atoms with E-state index in [2.05, 4.69) is 15.2 Å². The van der Waals surface area contributed by atoms with Crippen LogP contribution in [0.4, 0.5) is 10.1 Å². The van der Waals surface area contributed by atoms with E-state index in [0.29, 0.717) is 36.4 Å². The minimum Gasteiger partial charge on any atom is -0.381 e. The smallest absolute Gasteiger partial charge is 0.294 e. The summed E-state index contributed by atoms with van der Waals surface area (Å²) in [6.07, 6.45) is 2.10. The van der Waals surface area contributed by atoms with E-state index >= 15 is 0 Å². The molecule has 10 heteroatoms. The average Bonchev–Trinajstić information content (AvgIpc) is 3.48. The van der Waals surface area contributed by atoms with Gasteiger partial charge in [-0.1, -0.05) is 11.6 Å². The van der Waals surface area contributed by atoms with Gasteiger partial charge in [0.25, 0.3) is 11.5 Å². The number of hydrogen-bond donors (Lipinski definition) is 1. The van der Waals surface area contributed by atoms with E-state index in [0.717, 1.165) is 35.3 Å². The van der Waals surface area contributed by atoms with Crippen LogP contribution in [0.15, 0.2) is 29.1 Å². The van der Waals surface area contributed by atoms with Crippen molar-refractivity contribution in [2.45, 2.75) is 31.2 Å². The first-order valence-electron chi connectivity index (χ1n) is 10.9. The molecule has 8 nitrogen and oxygen atoms in total. The van der Waals surface area contributed by atoms with Gasteiger partial charge in [-0.2, -0.15) is 0 Å². The molecule has 0 saturated carbocycles. The van der Waals surface area contributed by atoms with Gasteiger partial charge in [-0.05, 0) is 54.7 Å². The van der Waals surface area contributed by atoms with Gasteiger partial charge in [-0.3, -0.25) is 14.0 Å². The van der Waals surface area contributed by atoms with Gasteiger partial charge in [0.2, 0.25) is 5.65 Å². The first-order valence-corrected chi connectivity index (χ1v) is 11.2. The SMILES string of the molecule is O=C1c2cc3[nH]c(=O)c4nnc(C5CCOCC5)n4c3cc2C2Cc3cc(F)c(Cl)cc3N12. The Labute approximate surface area is 190 Å². The summed E-state index contributed by atoms with van der Waals surface area (Å²) in [5.41, 5.74) is 3.90. The third kappa shape index (κ3) is 2.54. The van der Waals surface area contributed by atoms with E-state index in [4.69, 9.17) is 16.3 Å². The summed E-state index contributed by atoms with van der Waals surface area (Å²) in [4.78, 5) is 30.6. The summed E-state index contributed by atoms with van der Waals surface area (Å²) >= 11 is 6.01. The van der Waals surface area contributed by atoms with Gasteiger partial charge in [0.15, 0.2) is 0 Å². The van der Waals surface area contributed by atoms with Crippen LogP contribution in [-0.4, -0.2) is 38.7 Å². The van der Waals surface area contributed by atoms with Crippen molar-refractivity contribution >= 4 is 39.9 Å². The van der Waals surface area contributed by atoms with E-state index in [1.165, 1.54) is 12.1 Å². The Kier molecular flexibility index (Phi) is 3.85. The number of halogens is 2. The number of carbonyl (C=O) groups is 1. The second-order valence-corrected chi connectivity index (χ2v) is 9.21. The minimum absolute atomic E-state index is 0.0139. The molecular formula is C23H17ClFN5O3. The molecule has 1 fully saturated rings. The van der Waals surface area contributed by atoms with Gasteiger partial charge in [-0.15, -0.1) is 10.2 Å². The van der Waals surface area contributed by atoms with Gasteiger partial charge < -0.3 is 14.6 Å². The molecule has 0 radical (unpaired) electrons. The number of fused-ring (bicyclic) bond motifs is 8. The Balaban J connectivity index is 1.45. The molecule has 2 aromatic heterocycles. The number of carbonyl (C=O) groups excluding carboxylic acids is 1. The fourth-order valence-electron chi connectivity index (χ4n) is 5.49. The monoisotopic (exact) mass is 465 g/mol. The Morgan fingerprint density at radius 2 is 1.94 bits per heavy atom. The van der Waals surface area contributed by atoms with Gasteiger partial charge in [-0.25, -0.2) is 4.39 Å². The number of aromatic nitrogens is 4. The zero-order chi connectivity index (χ0) is 22.4. The lowest BCUT2D eigenvalue weighted by Crippen LogP contribution is -2.23. The lowest BCUT2D eigenvalue weighted by atomic mass is 9.98. The first-order chi connectivity index (χ1) is 16.0. The Morgan fingerprint density at radius 1 is 1.12 bits per heavy atom. The highest BCUT2D eigenvalue weighted by Crippen LogP contribution is 2.48. The highest BCUT2D eigenvalue weighted by atomic mass is 35.5. The molecule has 0 spiro atoms. The van der Waals surface area contributed by atoms with Crippen molar-refractivity contribution in [3.8, 4) is 0 Å². The van der Waals surface area contributed by atoms with Gasteiger partial charge in [0.1, 0.15) is 11.6 Å². The highest BCUT2D eigenvalue weighted by Gasteiger charge is 2.44. The summed E-state index contributed by atoms with van der Waals surface area (Å²) in [7, 11) is 0. The van der Waals surface area contributed by atoms with Crippen molar-refractivity contribution in [2.75, 3.05) is 18.1 Å². The molecule has 7 rings (SSSR count). The number of aromatic amines is 1. The summed E-state index contributed by atoms with van der Waals surface area (Å²) in [5, 5.41) is 8.51. The normalized spacial score (nSPS) is 20.0. The number of benzene rings is 2. The largest absolute Gasteiger partial charge is 0.381 e. The standard InChI is InChI=1S/C23H17ClFN5O3/c24-14-9-17-11(5-15(14)25)6-18-12-8-19-16(7-13(12)23(32)29(17)18)26-22(31)21-28-27-20(30(19)21)10-1-3-33-4-2-10/h5,7-10,18H,1-4,6H2,(H,26,31). The molecule has 2 aromatic carbocycles. The molecule has 0 bridgehead atoms. The van der Waals surface area contributed by atoms with Crippen molar-refractivity contribution in [3.63, 3.8) is 0 Å². The molecule has 1 unspecified atom stereocenters. The highest BCUT2D eigenvalue weighted by molar-refractivity contribution is 6.31. The molecule has 4 aromatic rings. The van der Waals surface area contributed by atoms with Gasteiger partial charge in [0, 0.05) is 30.4 Å². The van der Waals surface area contributed by atoms with E-state index < -0.39 is 5.82 Å². The third-order valence-corrected chi connectivity index (χ3v) is 7.34. The van der Waals surface area contributed by atoms with E-state index in [9.17, 15) is 14.0 Å². The predicted octanol–water partition coefficient (Wildman–Crippen LogP) is 3.51. The zero-order valence-corrected chi connectivity index (χ0v) is 18.0. The Bertz CT molecular complexity index is 1570. The molecule has 5 heterocycles. The van der Waals surface area contributed by atoms with Crippen molar-refractivity contribution in [2.24, 2.45) is 0 Å². The second-order valence-electron chi connectivity index (χ2n) is 8.80. The maximum absolute atomic E-state index is 14.1. The number of hydrogen-bond acceptors (Lipinski definition) is 5. The van der Waals surface area contributed by atoms with Gasteiger partial charge in [0.05, 0.1) is 22.1 Å². The average molecular weight is 466 g/mol. The maximum atomic E-state index is 14.1. The van der Waals surface area contributed by atoms with Crippen LogP contribution in [0.2, 0.25) is 5.02 Å². The predicted molar refractivity (Wildman–Crippen MR) is 119 cm³/mol. The number of H-pyrrole nitrogens is 1. The van der Waals surface area contributed by atoms with Crippen molar-refractivity contribution in [1.82, 2.24) is 19.6 Å². The summed E-state index contributed by atoms with van der Waals surface area (Å²) in [6, 6.07) is 6.33. The maximum Gasteiger partial charge on any atom is 0.294 e. The third-order valence-electron chi connectivity index (χ3n) is 7.05. The van der Waals surface area contributed by atoms with Crippen LogP contribution in [0.5, 0.6) is 0 Å². The van der Waals surface area contributed by atoms with Crippen molar-refractivity contribution in [1.29, 1.82) is 0 Å². The van der Waals surface area contributed by atoms with Crippen molar-refractivity contribution in [3.05, 3.63) is 68.0 Å². The number of amides is 1. The Morgan fingerprint density at radius 3 is 2.76 bits per heavy atom. The molecule has 1 saturated heterocycles. The van der Waals surface area contributed by atoms with Gasteiger partial charge >= 0.3 is 0 Å². The summed E-state index contributed by atoms with van der Waals surface area (Å²) in [6.45, 7) is 1.28. The molecule has 0 aliphatic carbocycles. The van der Waals surface area contributed by atoms with Crippen LogP contribution in [0.3, 0.4) is 0 Å². The number of nitrogens with one attached hydrogen (secondary N) is 1. The van der Waals surface area contributed by atoms with E-state index in [1.54, 1.807) is 11.0 Å². The molecule has 3 aliphatic heterocycles. The Hall–Kier alpha value is -3.30. The molecule has 1 N–H and O–H groups in total. The summed E-state index contributed by atoms with van der Waals surface area (Å²) < 4.78 is 21.4. The van der Waals surface area contributed by atoms with Crippen LogP contribution in [0, 0.1) is 5.82 Å². The van der Waals surface area contributed by atoms with Crippen LogP contribution < -0.4 is 10.5 Å². The lowest BCUT2D eigenvalue weighted by Gasteiger charge is -2.21. The quantitative estimate of drug-likeness (QED) is 0.464. The molecule has 1 atom stereocenters. The molecule has 1 amide bonds. The number of anilines is 1. The fourth-order valence-corrected chi connectivity index (χ4v) is 5.65. The van der Waals surface area contributed by atoms with Crippen molar-refractivity contribution < 1.29 is 13.9 Å². The fraction of sp³-hybridized carbons (Fsp3) is 0.304. The minimum atomic E-state index is -0.493. The zero-order valence-electron chi connectivity index (χ0n) is 17.3. The second kappa shape index (κ2) is 6.61. The molecule has 166 valence electrons. The van der Waals surface area contributed by atoms with E-state index in [-0.39, 0.29) is 34.1 Å². The topological polar surface area (TPSA) is 92.6 Å². The molecule has 33 heavy (non-hydrogen) atoms. The van der Waals surface area contributed by atoms with E-state index in [1.807, 2.05) is 10.5 Å². The number of ether oxygens (including phenoxy) is 1. The van der Waals surface area contributed by atoms with Crippen LogP contribution in [0.1, 0.15) is 52.1 Å². The first kappa shape index (κ1) is 19.2. The summed E-state index contributed by atoms with van der Waals surface area (Å²) in [5.74, 6) is 0.181. The van der Waals surface area contributed by atoms with Crippen LogP contribution >= 0.6 is 11.6 Å². The number of nitrogens with zero attached hydrogens (tertiary/aromatic N) is 4. The number of rotatable bonds is 1. The molecule has 3 aliphatic rings. The lowest BCUT2D eigenvalue weighted by molar-refractivity contribution is 0.0834. The van der Waals surface area contributed by atoms with Crippen LogP contribution in [0.25, 0.3) is 16.7 Å².